The zero-order valence-corrected chi connectivity index (χ0v) is 12.6. The van der Waals surface area contributed by atoms with Gasteiger partial charge in [-0.15, -0.1) is 11.3 Å². The molecule has 0 aliphatic carbocycles. The van der Waals surface area contributed by atoms with Crippen LogP contribution >= 0.6 is 11.3 Å². The van der Waals surface area contributed by atoms with Crippen LogP contribution in [0.3, 0.4) is 0 Å². The fraction of sp³-hybridized carbons (Fsp3) is 0.375. The van der Waals surface area contributed by atoms with E-state index >= 15 is 0 Å². The van der Waals surface area contributed by atoms with Crippen LogP contribution in [0.1, 0.15) is 36.1 Å². The molecule has 0 bridgehead atoms. The predicted molar refractivity (Wildman–Crippen MR) is 79.9 cm³/mol. The number of aliphatic hydroxyl groups is 1. The summed E-state index contributed by atoms with van der Waals surface area (Å²) in [6.45, 7) is 7.86. The number of hydrogen-bond acceptors (Lipinski definition) is 3. The van der Waals surface area contributed by atoms with Crippen molar-refractivity contribution in [3.63, 3.8) is 0 Å². The van der Waals surface area contributed by atoms with Crippen LogP contribution in [0.25, 0.3) is 0 Å². The van der Waals surface area contributed by atoms with E-state index in [1.165, 1.54) is 4.88 Å². The maximum absolute atomic E-state index is 10.8. The van der Waals surface area contributed by atoms with Gasteiger partial charge in [-0.1, -0.05) is 12.1 Å². The summed E-state index contributed by atoms with van der Waals surface area (Å²) < 4.78 is 5.68. The SMILES string of the molecule is Cc1ccc(C(C)(O)c2cccc(OC(C)C)c2)s1. The quantitative estimate of drug-likeness (QED) is 0.911. The normalized spacial score (nSPS) is 14.4. The average Bonchev–Trinajstić information content (AvgIpc) is 2.76. The summed E-state index contributed by atoms with van der Waals surface area (Å²) >= 11 is 1.62. The van der Waals surface area contributed by atoms with E-state index in [0.717, 1.165) is 16.2 Å². The minimum atomic E-state index is -0.977. The van der Waals surface area contributed by atoms with Gasteiger partial charge in [-0.05, 0) is 57.5 Å². The summed E-state index contributed by atoms with van der Waals surface area (Å²) in [5.41, 5.74) is -0.123. The third kappa shape index (κ3) is 3.17. The largest absolute Gasteiger partial charge is 0.491 e. The Balaban J connectivity index is 2.34. The number of aryl methyl sites for hydroxylation is 1. The first-order valence-electron chi connectivity index (χ1n) is 6.46. The Morgan fingerprint density at radius 3 is 2.53 bits per heavy atom. The van der Waals surface area contributed by atoms with Gasteiger partial charge >= 0.3 is 0 Å². The monoisotopic (exact) mass is 276 g/mol. The van der Waals surface area contributed by atoms with Crippen LogP contribution < -0.4 is 4.74 Å². The van der Waals surface area contributed by atoms with Gasteiger partial charge in [-0.2, -0.15) is 0 Å². The molecular weight excluding hydrogens is 256 g/mol. The zero-order valence-electron chi connectivity index (χ0n) is 11.8. The lowest BCUT2D eigenvalue weighted by Crippen LogP contribution is -2.21. The Morgan fingerprint density at radius 1 is 1.21 bits per heavy atom. The highest BCUT2D eigenvalue weighted by atomic mass is 32.1. The fourth-order valence-corrected chi connectivity index (χ4v) is 2.92. The smallest absolute Gasteiger partial charge is 0.121 e. The molecule has 2 aromatic rings. The van der Waals surface area contributed by atoms with Crippen molar-refractivity contribution in [1.29, 1.82) is 0 Å². The molecule has 1 N–H and O–H groups in total. The number of hydrogen-bond donors (Lipinski definition) is 1. The number of benzene rings is 1. The lowest BCUT2D eigenvalue weighted by Gasteiger charge is -2.23. The molecule has 0 fully saturated rings. The van der Waals surface area contributed by atoms with Crippen LogP contribution in [0.15, 0.2) is 36.4 Å². The molecule has 1 unspecified atom stereocenters. The van der Waals surface area contributed by atoms with Gasteiger partial charge in [0.1, 0.15) is 11.4 Å². The van der Waals surface area contributed by atoms with Gasteiger partial charge in [-0.3, -0.25) is 0 Å². The number of rotatable bonds is 4. The molecule has 1 atom stereocenters. The summed E-state index contributed by atoms with van der Waals surface area (Å²) in [7, 11) is 0. The lowest BCUT2D eigenvalue weighted by molar-refractivity contribution is 0.106. The van der Waals surface area contributed by atoms with Crippen molar-refractivity contribution in [3.8, 4) is 5.75 Å². The highest BCUT2D eigenvalue weighted by Gasteiger charge is 2.27. The Kier molecular flexibility index (Phi) is 3.97. The van der Waals surface area contributed by atoms with Crippen molar-refractivity contribution < 1.29 is 9.84 Å². The van der Waals surface area contributed by atoms with Crippen molar-refractivity contribution in [2.24, 2.45) is 0 Å². The molecule has 2 rings (SSSR count). The Morgan fingerprint density at radius 2 is 1.95 bits per heavy atom. The second-order valence-corrected chi connectivity index (χ2v) is 6.46. The van der Waals surface area contributed by atoms with Crippen LogP contribution in [0.4, 0.5) is 0 Å². The topological polar surface area (TPSA) is 29.5 Å². The molecule has 0 aliphatic rings. The van der Waals surface area contributed by atoms with Crippen LogP contribution in [-0.4, -0.2) is 11.2 Å². The molecule has 0 radical (unpaired) electrons. The Hall–Kier alpha value is -1.32. The molecule has 102 valence electrons. The predicted octanol–water partition coefficient (Wildman–Crippen LogP) is 4.10. The molecule has 0 saturated heterocycles. The van der Waals surface area contributed by atoms with Gasteiger partial charge in [0.15, 0.2) is 0 Å². The second kappa shape index (κ2) is 5.35. The highest BCUT2D eigenvalue weighted by molar-refractivity contribution is 7.12. The van der Waals surface area contributed by atoms with Crippen molar-refractivity contribution in [1.82, 2.24) is 0 Å². The summed E-state index contributed by atoms with van der Waals surface area (Å²) in [6, 6.07) is 11.7. The van der Waals surface area contributed by atoms with Gasteiger partial charge in [0.2, 0.25) is 0 Å². The minimum absolute atomic E-state index is 0.129. The maximum atomic E-state index is 10.8. The molecule has 1 heterocycles. The van der Waals surface area contributed by atoms with E-state index in [0.29, 0.717) is 0 Å². The van der Waals surface area contributed by atoms with Crippen LogP contribution in [0, 0.1) is 6.92 Å². The van der Waals surface area contributed by atoms with Crippen molar-refractivity contribution in [3.05, 3.63) is 51.7 Å². The molecule has 0 spiro atoms. The van der Waals surface area contributed by atoms with Gasteiger partial charge in [0, 0.05) is 9.75 Å². The molecular formula is C16H20O2S. The van der Waals surface area contributed by atoms with E-state index in [1.54, 1.807) is 11.3 Å². The maximum Gasteiger partial charge on any atom is 0.121 e. The molecule has 0 amide bonds. The van der Waals surface area contributed by atoms with Gasteiger partial charge in [0.25, 0.3) is 0 Å². The van der Waals surface area contributed by atoms with E-state index in [2.05, 4.69) is 0 Å². The van der Waals surface area contributed by atoms with Gasteiger partial charge in [0.05, 0.1) is 6.10 Å². The summed E-state index contributed by atoms with van der Waals surface area (Å²) in [5, 5.41) is 10.8. The van der Waals surface area contributed by atoms with E-state index in [1.807, 2.05) is 64.1 Å². The molecule has 1 aromatic heterocycles. The average molecular weight is 276 g/mol. The van der Waals surface area contributed by atoms with E-state index in [9.17, 15) is 5.11 Å². The summed E-state index contributed by atoms with van der Waals surface area (Å²) in [6.07, 6.45) is 0.129. The third-order valence-corrected chi connectivity index (χ3v) is 4.20. The molecule has 3 heteroatoms. The van der Waals surface area contributed by atoms with E-state index in [4.69, 9.17) is 4.74 Å². The first-order valence-corrected chi connectivity index (χ1v) is 7.27. The highest BCUT2D eigenvalue weighted by Crippen LogP contribution is 2.35. The number of ether oxygens (including phenoxy) is 1. The third-order valence-electron chi connectivity index (χ3n) is 2.99. The fourth-order valence-electron chi connectivity index (χ4n) is 1.98. The van der Waals surface area contributed by atoms with Crippen molar-refractivity contribution in [2.45, 2.75) is 39.4 Å². The van der Waals surface area contributed by atoms with Crippen molar-refractivity contribution in [2.75, 3.05) is 0 Å². The van der Waals surface area contributed by atoms with E-state index < -0.39 is 5.60 Å². The van der Waals surface area contributed by atoms with Crippen LogP contribution in [0.5, 0.6) is 5.75 Å². The van der Waals surface area contributed by atoms with E-state index in [-0.39, 0.29) is 6.10 Å². The summed E-state index contributed by atoms with van der Waals surface area (Å²) in [4.78, 5) is 2.15. The number of thiophene rings is 1. The standard InChI is InChI=1S/C16H20O2S/c1-11(2)18-14-7-5-6-13(10-14)16(4,17)15-9-8-12(3)19-15/h5-11,17H,1-4H3. The summed E-state index contributed by atoms with van der Waals surface area (Å²) in [5.74, 6) is 0.793. The van der Waals surface area contributed by atoms with Crippen molar-refractivity contribution >= 4 is 11.3 Å². The molecule has 1 aromatic carbocycles. The lowest BCUT2D eigenvalue weighted by atomic mass is 9.94. The van der Waals surface area contributed by atoms with Crippen LogP contribution in [-0.2, 0) is 5.60 Å². The second-order valence-electron chi connectivity index (χ2n) is 5.18. The molecule has 0 aliphatic heterocycles. The van der Waals surface area contributed by atoms with Gasteiger partial charge in [-0.25, -0.2) is 0 Å². The Bertz CT molecular complexity index is 555. The van der Waals surface area contributed by atoms with Crippen LogP contribution in [0.2, 0.25) is 0 Å². The molecule has 2 nitrogen and oxygen atoms in total. The molecule has 19 heavy (non-hydrogen) atoms. The Labute approximate surface area is 118 Å². The zero-order chi connectivity index (χ0) is 14.0. The molecule has 0 saturated carbocycles. The van der Waals surface area contributed by atoms with Gasteiger partial charge < -0.3 is 9.84 Å². The first-order chi connectivity index (χ1) is 8.89. The minimum Gasteiger partial charge on any atom is -0.491 e. The first kappa shape index (κ1) is 14.1.